The molecule has 20 heavy (non-hydrogen) atoms. The number of carbonyl (C=O) groups is 1. The Morgan fingerprint density at radius 2 is 1.85 bits per heavy atom. The fourth-order valence-electron chi connectivity index (χ4n) is 1.64. The lowest BCUT2D eigenvalue weighted by molar-refractivity contribution is 0.0690. The maximum atomic E-state index is 11.2. The van der Waals surface area contributed by atoms with E-state index in [0.717, 1.165) is 5.56 Å². The normalized spacial score (nSPS) is 11.2. The average Bonchev–Trinajstić information content (AvgIpc) is 2.37. The van der Waals surface area contributed by atoms with Crippen LogP contribution in [-0.2, 0) is 0 Å². The van der Waals surface area contributed by atoms with Crippen molar-refractivity contribution in [2.24, 2.45) is 0 Å². The van der Waals surface area contributed by atoms with Crippen molar-refractivity contribution in [2.45, 2.75) is 26.3 Å². The van der Waals surface area contributed by atoms with E-state index in [2.05, 4.69) is 20.3 Å². The summed E-state index contributed by atoms with van der Waals surface area (Å²) in [7, 11) is 0. The monoisotopic (exact) mass is 272 g/mol. The van der Waals surface area contributed by atoms with E-state index in [-0.39, 0.29) is 11.2 Å². The first kappa shape index (κ1) is 13.9. The van der Waals surface area contributed by atoms with Crippen LogP contribution in [0.5, 0.6) is 0 Å². The number of nitrogens with one attached hydrogen (secondary N) is 1. The number of hydrogen-bond donors (Lipinski definition) is 2. The van der Waals surface area contributed by atoms with Gasteiger partial charge in [-0.05, 0) is 32.9 Å². The second-order valence-electron chi connectivity index (χ2n) is 5.38. The molecule has 0 saturated heterocycles. The fraction of sp³-hybridized carbons (Fsp3) is 0.286. The molecule has 6 heteroatoms. The molecule has 0 amide bonds. The number of aromatic nitrogens is 3. The summed E-state index contributed by atoms with van der Waals surface area (Å²) < 4.78 is 0. The van der Waals surface area contributed by atoms with E-state index in [1.165, 1.54) is 6.07 Å². The van der Waals surface area contributed by atoms with Crippen LogP contribution in [0.15, 0.2) is 30.6 Å². The first-order valence-corrected chi connectivity index (χ1v) is 6.16. The van der Waals surface area contributed by atoms with Crippen molar-refractivity contribution in [3.63, 3.8) is 0 Å². The molecule has 0 aliphatic heterocycles. The second-order valence-corrected chi connectivity index (χ2v) is 5.38. The van der Waals surface area contributed by atoms with Gasteiger partial charge in [0, 0.05) is 29.6 Å². The lowest BCUT2D eigenvalue weighted by Gasteiger charge is -2.21. The molecular weight excluding hydrogens is 256 g/mol. The Morgan fingerprint density at radius 1 is 1.20 bits per heavy atom. The molecule has 0 aliphatic rings. The van der Waals surface area contributed by atoms with Gasteiger partial charge in [0.05, 0.1) is 0 Å². The molecule has 2 aromatic rings. The minimum absolute atomic E-state index is 0.0430. The first-order chi connectivity index (χ1) is 9.35. The Kier molecular flexibility index (Phi) is 3.65. The SMILES string of the molecule is CC(C)(C)Nc1cc(C(=O)O)nc(-c2ccncc2)n1. The number of hydrogen-bond acceptors (Lipinski definition) is 5. The van der Waals surface area contributed by atoms with Gasteiger partial charge in [0.25, 0.3) is 0 Å². The number of pyridine rings is 1. The summed E-state index contributed by atoms with van der Waals surface area (Å²) in [6, 6.07) is 4.90. The van der Waals surface area contributed by atoms with E-state index in [0.29, 0.717) is 11.6 Å². The van der Waals surface area contributed by atoms with Crippen molar-refractivity contribution in [3.8, 4) is 11.4 Å². The highest BCUT2D eigenvalue weighted by Crippen LogP contribution is 2.19. The first-order valence-electron chi connectivity index (χ1n) is 6.16. The van der Waals surface area contributed by atoms with Gasteiger partial charge in [0.15, 0.2) is 11.5 Å². The molecule has 0 atom stereocenters. The highest BCUT2D eigenvalue weighted by molar-refractivity contribution is 5.87. The van der Waals surface area contributed by atoms with Gasteiger partial charge >= 0.3 is 5.97 Å². The Labute approximate surface area is 116 Å². The van der Waals surface area contributed by atoms with Gasteiger partial charge in [0.2, 0.25) is 0 Å². The van der Waals surface area contributed by atoms with E-state index in [1.54, 1.807) is 24.5 Å². The minimum atomic E-state index is -1.08. The quantitative estimate of drug-likeness (QED) is 0.892. The lowest BCUT2D eigenvalue weighted by Crippen LogP contribution is -2.27. The number of carboxylic acid groups (broad SMARTS) is 1. The van der Waals surface area contributed by atoms with Crippen LogP contribution in [0.25, 0.3) is 11.4 Å². The summed E-state index contributed by atoms with van der Waals surface area (Å²) in [5.74, 6) is -0.240. The van der Waals surface area contributed by atoms with Crippen LogP contribution < -0.4 is 5.32 Å². The molecule has 2 heterocycles. The van der Waals surface area contributed by atoms with Crippen molar-refractivity contribution in [2.75, 3.05) is 5.32 Å². The highest BCUT2D eigenvalue weighted by Gasteiger charge is 2.15. The topological polar surface area (TPSA) is 88.0 Å². The van der Waals surface area contributed by atoms with Crippen molar-refractivity contribution in [1.82, 2.24) is 15.0 Å². The van der Waals surface area contributed by atoms with E-state index >= 15 is 0 Å². The molecular formula is C14H16N4O2. The van der Waals surface area contributed by atoms with Crippen LogP contribution in [0, 0.1) is 0 Å². The Bertz CT molecular complexity index is 621. The molecule has 0 aliphatic carbocycles. The number of anilines is 1. The molecule has 0 radical (unpaired) electrons. The van der Waals surface area contributed by atoms with Gasteiger partial charge in [-0.15, -0.1) is 0 Å². The van der Waals surface area contributed by atoms with Crippen LogP contribution in [0.1, 0.15) is 31.3 Å². The molecule has 2 rings (SSSR count). The van der Waals surface area contributed by atoms with Crippen LogP contribution in [0.4, 0.5) is 5.82 Å². The Morgan fingerprint density at radius 3 is 2.40 bits per heavy atom. The van der Waals surface area contributed by atoms with Crippen LogP contribution in [0.3, 0.4) is 0 Å². The third kappa shape index (κ3) is 3.50. The standard InChI is InChI=1S/C14H16N4O2/c1-14(2,3)18-11-8-10(13(19)20)16-12(17-11)9-4-6-15-7-5-9/h4-8H,1-3H3,(H,19,20)(H,16,17,18). The van der Waals surface area contributed by atoms with E-state index < -0.39 is 5.97 Å². The molecule has 6 nitrogen and oxygen atoms in total. The molecule has 0 fully saturated rings. The third-order valence-electron chi connectivity index (χ3n) is 2.39. The predicted octanol–water partition coefficient (Wildman–Crippen LogP) is 2.45. The summed E-state index contributed by atoms with van der Waals surface area (Å²) in [4.78, 5) is 23.5. The summed E-state index contributed by atoms with van der Waals surface area (Å²) in [5.41, 5.74) is 0.457. The van der Waals surface area contributed by atoms with Gasteiger partial charge < -0.3 is 10.4 Å². The molecule has 0 saturated carbocycles. The summed E-state index contributed by atoms with van der Waals surface area (Å²) >= 11 is 0. The molecule has 0 spiro atoms. The van der Waals surface area contributed by atoms with Gasteiger partial charge in [0.1, 0.15) is 5.82 Å². The smallest absolute Gasteiger partial charge is 0.354 e. The maximum absolute atomic E-state index is 11.2. The van der Waals surface area contributed by atoms with Crippen molar-refractivity contribution in [1.29, 1.82) is 0 Å². The average molecular weight is 272 g/mol. The summed E-state index contributed by atoms with van der Waals surface area (Å²) in [6.45, 7) is 5.92. The van der Waals surface area contributed by atoms with Crippen LogP contribution in [0.2, 0.25) is 0 Å². The molecule has 104 valence electrons. The molecule has 2 aromatic heterocycles. The third-order valence-corrected chi connectivity index (χ3v) is 2.39. The van der Waals surface area contributed by atoms with Gasteiger partial charge in [-0.2, -0.15) is 0 Å². The van der Waals surface area contributed by atoms with Gasteiger partial charge in [-0.25, -0.2) is 14.8 Å². The van der Waals surface area contributed by atoms with Crippen LogP contribution in [-0.4, -0.2) is 31.6 Å². The number of aromatic carboxylic acids is 1. The molecule has 2 N–H and O–H groups in total. The minimum Gasteiger partial charge on any atom is -0.477 e. The zero-order valence-electron chi connectivity index (χ0n) is 11.6. The zero-order valence-corrected chi connectivity index (χ0v) is 11.6. The fourth-order valence-corrected chi connectivity index (χ4v) is 1.64. The predicted molar refractivity (Wildman–Crippen MR) is 75.6 cm³/mol. The molecule has 0 aromatic carbocycles. The van der Waals surface area contributed by atoms with Crippen LogP contribution >= 0.6 is 0 Å². The highest BCUT2D eigenvalue weighted by atomic mass is 16.4. The van der Waals surface area contributed by atoms with E-state index in [9.17, 15) is 4.79 Å². The number of carboxylic acids is 1. The van der Waals surface area contributed by atoms with Crippen molar-refractivity contribution < 1.29 is 9.90 Å². The largest absolute Gasteiger partial charge is 0.477 e. The van der Waals surface area contributed by atoms with Crippen molar-refractivity contribution in [3.05, 3.63) is 36.3 Å². The van der Waals surface area contributed by atoms with Gasteiger partial charge in [-0.1, -0.05) is 0 Å². The van der Waals surface area contributed by atoms with E-state index in [1.807, 2.05) is 20.8 Å². The zero-order chi connectivity index (χ0) is 14.8. The summed E-state index contributed by atoms with van der Waals surface area (Å²) in [5, 5.41) is 12.3. The summed E-state index contributed by atoms with van der Waals surface area (Å²) in [6.07, 6.45) is 3.23. The maximum Gasteiger partial charge on any atom is 0.354 e. The Hall–Kier alpha value is -2.50. The molecule has 0 bridgehead atoms. The number of rotatable bonds is 3. The lowest BCUT2D eigenvalue weighted by atomic mass is 10.1. The Balaban J connectivity index is 2.49. The molecule has 0 unspecified atom stereocenters. The number of nitrogens with zero attached hydrogens (tertiary/aromatic N) is 3. The second kappa shape index (κ2) is 5.24. The van der Waals surface area contributed by atoms with Gasteiger partial charge in [-0.3, -0.25) is 4.98 Å². The van der Waals surface area contributed by atoms with E-state index in [4.69, 9.17) is 5.11 Å². The van der Waals surface area contributed by atoms with Crippen molar-refractivity contribution >= 4 is 11.8 Å².